The van der Waals surface area contributed by atoms with E-state index in [1.54, 1.807) is 19.1 Å². The molecule has 422 valence electrons. The van der Waals surface area contributed by atoms with E-state index < -0.39 is 36.7 Å². The Hall–Kier alpha value is -6.35. The molecule has 18 nitrogen and oxygen atoms in total. The van der Waals surface area contributed by atoms with Crippen LogP contribution in [-0.2, 0) is 74.5 Å². The predicted octanol–water partition coefficient (Wildman–Crippen LogP) is 10.4. The highest BCUT2D eigenvalue weighted by Gasteiger charge is 2.30. The molecule has 0 radical (unpaired) electrons. The van der Waals surface area contributed by atoms with Crippen molar-refractivity contribution in [3.05, 3.63) is 205 Å². The largest absolute Gasteiger partial charge is 0.726 e. The van der Waals surface area contributed by atoms with Gasteiger partial charge in [0, 0.05) is 34.9 Å². The van der Waals surface area contributed by atoms with Crippen LogP contribution < -0.4 is 13.5 Å². The molecule has 0 bridgehead atoms. The molecule has 0 unspecified atom stereocenters. The van der Waals surface area contributed by atoms with Gasteiger partial charge >= 0.3 is 10.1 Å². The van der Waals surface area contributed by atoms with Crippen molar-refractivity contribution in [2.45, 2.75) is 18.7 Å². The predicted molar refractivity (Wildman–Crippen MR) is 311 cm³/mol. The number of aromatic nitrogens is 6. The number of nitrogens with zero attached hydrogens (tertiary/aromatic N) is 6. The number of hydrogen-bond donors (Lipinski definition) is 0. The topological polar surface area (TPSA) is 229 Å². The van der Waals surface area contributed by atoms with Gasteiger partial charge in [-0.15, -0.1) is 9.36 Å². The van der Waals surface area contributed by atoms with Gasteiger partial charge in [0.1, 0.15) is 30.8 Å². The van der Waals surface area contributed by atoms with E-state index in [9.17, 15) is 39.2 Å². The maximum atomic E-state index is 13.0. The Morgan fingerprint density at radius 1 is 0.562 bits per heavy atom. The summed E-state index contributed by atoms with van der Waals surface area (Å²) in [6.45, 7) is 3.44. The Labute approximate surface area is 492 Å². The van der Waals surface area contributed by atoms with Crippen molar-refractivity contribution in [3.63, 3.8) is 0 Å². The lowest BCUT2D eigenvalue weighted by Gasteiger charge is -2.10. The van der Waals surface area contributed by atoms with Gasteiger partial charge in [-0.3, -0.25) is 13.2 Å². The molecule has 0 saturated carbocycles. The third-order valence-corrected chi connectivity index (χ3v) is 16.0. The first-order chi connectivity index (χ1) is 37.6. The van der Waals surface area contributed by atoms with Crippen molar-refractivity contribution < 1.29 is 61.1 Å². The fourth-order valence-electron chi connectivity index (χ4n) is 7.66. The number of carbonyl (C=O) groups is 1. The van der Waals surface area contributed by atoms with Crippen LogP contribution in [0.1, 0.15) is 27.2 Å². The smallest absolute Gasteiger partial charge is 0.340 e. The van der Waals surface area contributed by atoms with Gasteiger partial charge in [0.25, 0.3) is 11.4 Å². The van der Waals surface area contributed by atoms with Crippen LogP contribution in [0.4, 0.5) is 0 Å². The zero-order valence-corrected chi connectivity index (χ0v) is 51.5. The Balaban J connectivity index is 0.000000202. The first-order valence-corrected chi connectivity index (χ1v) is 29.8. The Bertz CT molecular complexity index is 3640. The van der Waals surface area contributed by atoms with Crippen LogP contribution >= 0.6 is 55.1 Å². The van der Waals surface area contributed by atoms with Gasteiger partial charge in [0.15, 0.2) is 19.9 Å². The zero-order valence-electron chi connectivity index (χ0n) is 44.4. The van der Waals surface area contributed by atoms with Crippen LogP contribution in [0.3, 0.4) is 0 Å². The van der Waals surface area contributed by atoms with Crippen molar-refractivity contribution in [1.29, 1.82) is 0 Å². The molecule has 0 aliphatic carbocycles. The van der Waals surface area contributed by atoms with E-state index in [4.69, 9.17) is 27.4 Å². The lowest BCUT2D eigenvalue weighted by molar-refractivity contribution is -0.740. The minimum atomic E-state index is -4.41. The first kappa shape index (κ1) is 64.5. The van der Waals surface area contributed by atoms with Crippen molar-refractivity contribution >= 4 is 91.8 Å². The average molecular weight is 1320 g/mol. The van der Waals surface area contributed by atoms with E-state index in [1.807, 2.05) is 31.2 Å². The second kappa shape index (κ2) is 28.4. The van der Waals surface area contributed by atoms with E-state index in [-0.39, 0.29) is 26.9 Å². The van der Waals surface area contributed by atoms with Gasteiger partial charge in [-0.05, 0) is 100 Å². The maximum absolute atomic E-state index is 13.0. The summed E-state index contributed by atoms with van der Waals surface area (Å²) in [5.41, 5.74) is 11.1. The van der Waals surface area contributed by atoms with Crippen molar-refractivity contribution in [3.8, 4) is 50.9 Å². The molecule has 3 aromatic heterocycles. The Morgan fingerprint density at radius 2 is 0.925 bits per heavy atom. The van der Waals surface area contributed by atoms with E-state index in [2.05, 4.69) is 189 Å². The highest BCUT2D eigenvalue weighted by molar-refractivity contribution is 9.11. The van der Waals surface area contributed by atoms with E-state index >= 15 is 0 Å². The minimum Gasteiger partial charge on any atom is -0.726 e. The SMILES string of the molecule is COS(=O)(=O)[O-].COS(=O)(=O)[O-].Cc1ccc(S(=O)(=O)Oc2c(C(=O)c3ccc(Cl)c(Cl)c3)c(C)nn2C)cc1.Cn1c(-c2ccccc2)c(Br)c(-c2ccccc2)[n+]1C.Cn1c(-c2ccccc2)c(Br)c(-c2ccccc2)[n+]1C. The monoisotopic (exact) mass is 1310 g/mol. The summed E-state index contributed by atoms with van der Waals surface area (Å²) in [5.74, 6) is -0.646. The number of benzene rings is 6. The summed E-state index contributed by atoms with van der Waals surface area (Å²) < 4.78 is 105. The zero-order chi connectivity index (χ0) is 59.3. The third-order valence-electron chi connectivity index (χ3n) is 11.7. The summed E-state index contributed by atoms with van der Waals surface area (Å²) in [6.07, 6.45) is 0. The highest BCUT2D eigenvalue weighted by Crippen LogP contribution is 2.37. The van der Waals surface area contributed by atoms with Crippen molar-refractivity contribution in [2.24, 2.45) is 35.2 Å². The van der Waals surface area contributed by atoms with Gasteiger partial charge in [0.2, 0.25) is 26.7 Å². The van der Waals surface area contributed by atoms with Crippen molar-refractivity contribution in [1.82, 2.24) is 19.1 Å². The summed E-state index contributed by atoms with van der Waals surface area (Å²) in [7, 11) is -1.53. The van der Waals surface area contributed by atoms with Crippen LogP contribution in [0.2, 0.25) is 10.0 Å². The van der Waals surface area contributed by atoms with Crippen LogP contribution in [0, 0.1) is 13.8 Å². The second-order valence-electron chi connectivity index (χ2n) is 16.9. The van der Waals surface area contributed by atoms with Gasteiger partial charge in [-0.1, -0.05) is 138 Å². The Kier molecular flexibility index (Phi) is 22.9. The molecule has 80 heavy (non-hydrogen) atoms. The lowest BCUT2D eigenvalue weighted by atomic mass is 10.0. The molecule has 0 aliphatic heterocycles. The number of aryl methyl sites for hydroxylation is 3. The van der Waals surface area contributed by atoms with Gasteiger partial charge in [-0.2, -0.15) is 22.9 Å². The van der Waals surface area contributed by atoms with Gasteiger partial charge in [-0.25, -0.2) is 21.5 Å². The van der Waals surface area contributed by atoms with Crippen LogP contribution in [0.5, 0.6) is 5.88 Å². The molecule has 9 aromatic rings. The minimum absolute atomic E-state index is 0.0233. The van der Waals surface area contributed by atoms with Crippen LogP contribution in [0.25, 0.3) is 45.0 Å². The summed E-state index contributed by atoms with van der Waals surface area (Å²) in [5, 5.41) is 4.65. The molecular weight excluding hydrogens is 1260 g/mol. The molecular formula is C55H54Br2Cl2N6O12S3. The molecule has 0 saturated heterocycles. The number of carbonyl (C=O) groups excluding carboxylic acids is 1. The molecule has 0 atom stereocenters. The normalized spacial score (nSPS) is 11.1. The van der Waals surface area contributed by atoms with E-state index in [1.165, 1.54) is 87.1 Å². The fraction of sp³-hybridized carbons (Fsp3) is 0.164. The summed E-state index contributed by atoms with van der Waals surface area (Å²) >= 11 is 19.5. The fourth-order valence-corrected chi connectivity index (χ4v) is 10.9. The maximum Gasteiger partial charge on any atom is 0.340 e. The van der Waals surface area contributed by atoms with Gasteiger partial charge < -0.3 is 13.3 Å². The standard InChI is InChI=1S/C19H16Cl2N2O4S.2C17H16BrN2.2CH4O4S/c1-11-4-7-14(8-5-11)28(25,26)27-19-17(12(2)22-23(19)3)18(24)13-6-9-15(20)16(21)10-13;2*1-19-16(13-9-5-3-6-10-13)15(18)17(20(19)2)14-11-7-4-8-12-14;2*1-5-6(2,3)4/h4-10H,1-3H3;2*3-12H,1-2H3;2*1H3,(H,2,3,4)/q;2*+1;;/p-2. The lowest BCUT2D eigenvalue weighted by Crippen LogP contribution is -2.39. The van der Waals surface area contributed by atoms with E-state index in [0.29, 0.717) is 10.7 Å². The molecule has 0 N–H and O–H groups in total. The molecule has 0 amide bonds. The van der Waals surface area contributed by atoms with E-state index in [0.717, 1.165) is 28.7 Å². The number of halogens is 4. The van der Waals surface area contributed by atoms with Gasteiger partial charge in [0.05, 0.1) is 44.1 Å². The third kappa shape index (κ3) is 16.9. The number of rotatable bonds is 11. The number of ketones is 1. The highest BCUT2D eigenvalue weighted by atomic mass is 79.9. The second-order valence-corrected chi connectivity index (χ2v) is 23.2. The molecule has 9 rings (SSSR count). The molecule has 6 aromatic carbocycles. The molecule has 0 fully saturated rings. The average Bonchev–Trinajstić information content (AvgIpc) is 3.93. The molecule has 3 heterocycles. The van der Waals surface area contributed by atoms with Crippen LogP contribution in [-0.4, -0.2) is 73.5 Å². The number of hydrogen-bond acceptors (Lipinski definition) is 13. The summed E-state index contributed by atoms with van der Waals surface area (Å²) in [4.78, 5) is 13.0. The molecule has 25 heteroatoms. The molecule has 0 aliphatic rings. The quantitative estimate of drug-likeness (QED) is 0.0386. The summed E-state index contributed by atoms with van der Waals surface area (Å²) in [6, 6.07) is 52.4. The molecule has 0 spiro atoms. The van der Waals surface area contributed by atoms with Crippen LogP contribution in [0.15, 0.2) is 178 Å². The first-order valence-electron chi connectivity index (χ1n) is 23.4. The van der Waals surface area contributed by atoms with Crippen molar-refractivity contribution in [2.75, 3.05) is 14.2 Å². The Morgan fingerprint density at radius 3 is 1.27 bits per heavy atom.